The standard InChI is InChI=1S/C19H14Cl2N2O2/c20-15-5-1-13(2-6-15)11-19(24)23-22-12-17-9-10-18(25-17)14-3-7-16(21)8-4-14/h1-10,12H,11H2,(H,23,24)/b22-12-. The molecular weight excluding hydrogens is 359 g/mol. The van der Waals surface area contributed by atoms with Crippen LogP contribution < -0.4 is 5.43 Å². The molecule has 0 saturated carbocycles. The molecule has 0 atom stereocenters. The molecule has 0 radical (unpaired) electrons. The fourth-order valence-corrected chi connectivity index (χ4v) is 2.44. The summed E-state index contributed by atoms with van der Waals surface area (Å²) < 4.78 is 5.66. The first-order chi connectivity index (χ1) is 12.1. The number of hydrogen-bond donors (Lipinski definition) is 1. The minimum absolute atomic E-state index is 0.219. The zero-order valence-corrected chi connectivity index (χ0v) is 14.6. The van der Waals surface area contributed by atoms with Crippen molar-refractivity contribution in [3.8, 4) is 11.3 Å². The highest BCUT2D eigenvalue weighted by Crippen LogP contribution is 2.23. The van der Waals surface area contributed by atoms with Crippen LogP contribution in [0.25, 0.3) is 11.3 Å². The second-order valence-electron chi connectivity index (χ2n) is 5.31. The number of furan rings is 1. The van der Waals surface area contributed by atoms with Crippen molar-refractivity contribution in [2.24, 2.45) is 5.10 Å². The van der Waals surface area contributed by atoms with E-state index in [1.54, 1.807) is 42.5 Å². The van der Waals surface area contributed by atoms with E-state index in [-0.39, 0.29) is 12.3 Å². The van der Waals surface area contributed by atoms with Gasteiger partial charge in [0.1, 0.15) is 11.5 Å². The van der Waals surface area contributed by atoms with Crippen LogP contribution in [0.15, 0.2) is 70.2 Å². The smallest absolute Gasteiger partial charge is 0.244 e. The summed E-state index contributed by atoms with van der Waals surface area (Å²) in [4.78, 5) is 11.8. The number of amides is 1. The number of rotatable bonds is 5. The maximum absolute atomic E-state index is 11.8. The van der Waals surface area contributed by atoms with Crippen molar-refractivity contribution in [2.45, 2.75) is 6.42 Å². The third kappa shape index (κ3) is 4.95. The van der Waals surface area contributed by atoms with E-state index in [9.17, 15) is 4.79 Å². The number of nitrogens with one attached hydrogen (secondary N) is 1. The first-order valence-electron chi connectivity index (χ1n) is 7.52. The molecule has 0 aliphatic rings. The van der Waals surface area contributed by atoms with Crippen LogP contribution in [0.3, 0.4) is 0 Å². The average Bonchev–Trinajstić information content (AvgIpc) is 3.06. The molecule has 0 bridgehead atoms. The summed E-state index contributed by atoms with van der Waals surface area (Å²) in [5, 5.41) is 5.21. The van der Waals surface area contributed by atoms with E-state index in [4.69, 9.17) is 27.6 Å². The quantitative estimate of drug-likeness (QED) is 0.508. The minimum Gasteiger partial charge on any atom is -0.455 e. The summed E-state index contributed by atoms with van der Waals surface area (Å²) in [5.41, 5.74) is 4.24. The first kappa shape index (κ1) is 17.3. The molecule has 4 nitrogen and oxygen atoms in total. The second-order valence-corrected chi connectivity index (χ2v) is 6.18. The molecule has 1 aromatic heterocycles. The third-order valence-electron chi connectivity index (χ3n) is 3.41. The van der Waals surface area contributed by atoms with Gasteiger partial charge >= 0.3 is 0 Å². The van der Waals surface area contributed by atoms with Gasteiger partial charge in [-0.2, -0.15) is 5.10 Å². The van der Waals surface area contributed by atoms with Crippen LogP contribution >= 0.6 is 23.2 Å². The minimum atomic E-state index is -0.219. The normalized spacial score (nSPS) is 11.0. The number of hydrogen-bond acceptors (Lipinski definition) is 3. The largest absolute Gasteiger partial charge is 0.455 e. The van der Waals surface area contributed by atoms with Gasteiger partial charge in [-0.15, -0.1) is 0 Å². The highest BCUT2D eigenvalue weighted by atomic mass is 35.5. The Bertz CT molecular complexity index is 885. The number of carbonyl (C=O) groups excluding carboxylic acids is 1. The zero-order chi connectivity index (χ0) is 17.6. The van der Waals surface area contributed by atoms with Crippen molar-refractivity contribution >= 4 is 35.3 Å². The Balaban J connectivity index is 1.56. The molecule has 0 unspecified atom stereocenters. The van der Waals surface area contributed by atoms with Crippen LogP contribution in [0.1, 0.15) is 11.3 Å². The van der Waals surface area contributed by atoms with Crippen LogP contribution in [0, 0.1) is 0 Å². The molecule has 0 spiro atoms. The van der Waals surface area contributed by atoms with Crippen molar-refractivity contribution < 1.29 is 9.21 Å². The van der Waals surface area contributed by atoms with Gasteiger partial charge in [0.2, 0.25) is 5.91 Å². The predicted octanol–water partition coefficient (Wildman–Crippen LogP) is 4.95. The lowest BCUT2D eigenvalue weighted by Gasteiger charge is -2.00. The maximum atomic E-state index is 11.8. The summed E-state index contributed by atoms with van der Waals surface area (Å²) in [6, 6.07) is 18.0. The highest BCUT2D eigenvalue weighted by Gasteiger charge is 2.04. The van der Waals surface area contributed by atoms with Gasteiger partial charge in [-0.05, 0) is 54.1 Å². The van der Waals surface area contributed by atoms with Crippen LogP contribution in [-0.2, 0) is 11.2 Å². The summed E-state index contributed by atoms with van der Waals surface area (Å²) >= 11 is 11.7. The Morgan fingerprint density at radius 1 is 0.960 bits per heavy atom. The molecular formula is C19H14Cl2N2O2. The van der Waals surface area contributed by atoms with E-state index >= 15 is 0 Å². The molecule has 1 amide bonds. The van der Waals surface area contributed by atoms with E-state index in [1.807, 2.05) is 18.2 Å². The van der Waals surface area contributed by atoms with Crippen LogP contribution in [0.4, 0.5) is 0 Å². The van der Waals surface area contributed by atoms with E-state index in [2.05, 4.69) is 10.5 Å². The topological polar surface area (TPSA) is 54.6 Å². The Kier molecular flexibility index (Phi) is 5.53. The average molecular weight is 373 g/mol. The Labute approximate surface area is 155 Å². The molecule has 3 rings (SSSR count). The SMILES string of the molecule is O=C(Cc1ccc(Cl)cc1)N/N=C\c1ccc(-c2ccc(Cl)cc2)o1. The van der Waals surface area contributed by atoms with Crippen molar-refractivity contribution in [3.63, 3.8) is 0 Å². The molecule has 0 aliphatic carbocycles. The molecule has 2 aromatic carbocycles. The Hall–Kier alpha value is -2.56. The number of benzene rings is 2. The maximum Gasteiger partial charge on any atom is 0.244 e. The summed E-state index contributed by atoms with van der Waals surface area (Å²) in [7, 11) is 0. The van der Waals surface area contributed by atoms with Crippen molar-refractivity contribution in [1.29, 1.82) is 0 Å². The fraction of sp³-hybridized carbons (Fsp3) is 0.0526. The Morgan fingerprint density at radius 2 is 1.60 bits per heavy atom. The monoisotopic (exact) mass is 372 g/mol. The van der Waals surface area contributed by atoms with Crippen molar-refractivity contribution in [3.05, 3.63) is 82.0 Å². The molecule has 6 heteroatoms. The predicted molar refractivity (Wildman–Crippen MR) is 100 cm³/mol. The molecule has 0 fully saturated rings. The second kappa shape index (κ2) is 8.01. The number of halogens is 2. The summed E-state index contributed by atoms with van der Waals surface area (Å²) in [6.45, 7) is 0. The van der Waals surface area contributed by atoms with Crippen LogP contribution in [0.2, 0.25) is 10.0 Å². The van der Waals surface area contributed by atoms with Gasteiger partial charge in [-0.25, -0.2) is 5.43 Å². The molecule has 0 aliphatic heterocycles. The molecule has 3 aromatic rings. The van der Waals surface area contributed by atoms with Crippen molar-refractivity contribution in [2.75, 3.05) is 0 Å². The molecule has 126 valence electrons. The lowest BCUT2D eigenvalue weighted by molar-refractivity contribution is -0.120. The molecule has 1 heterocycles. The van der Waals surface area contributed by atoms with E-state index in [0.29, 0.717) is 21.6 Å². The van der Waals surface area contributed by atoms with Crippen LogP contribution in [-0.4, -0.2) is 12.1 Å². The van der Waals surface area contributed by atoms with Gasteiger partial charge in [-0.3, -0.25) is 4.79 Å². The Morgan fingerprint density at radius 3 is 2.28 bits per heavy atom. The van der Waals surface area contributed by atoms with Gasteiger partial charge < -0.3 is 4.42 Å². The molecule has 1 N–H and O–H groups in total. The molecule has 25 heavy (non-hydrogen) atoms. The number of hydrazone groups is 1. The van der Waals surface area contributed by atoms with E-state index in [0.717, 1.165) is 11.1 Å². The van der Waals surface area contributed by atoms with Crippen LogP contribution in [0.5, 0.6) is 0 Å². The fourth-order valence-electron chi connectivity index (χ4n) is 2.19. The lowest BCUT2D eigenvalue weighted by atomic mass is 10.1. The number of nitrogens with zero attached hydrogens (tertiary/aromatic N) is 1. The zero-order valence-electron chi connectivity index (χ0n) is 13.1. The molecule has 0 saturated heterocycles. The van der Waals surface area contributed by atoms with Gasteiger partial charge in [0.15, 0.2) is 0 Å². The number of carbonyl (C=O) groups is 1. The van der Waals surface area contributed by atoms with Crippen molar-refractivity contribution in [1.82, 2.24) is 5.43 Å². The first-order valence-corrected chi connectivity index (χ1v) is 8.28. The summed E-state index contributed by atoms with van der Waals surface area (Å²) in [6.07, 6.45) is 1.68. The van der Waals surface area contributed by atoms with Gasteiger partial charge in [0.05, 0.1) is 12.6 Å². The van der Waals surface area contributed by atoms with Gasteiger partial charge in [0.25, 0.3) is 0 Å². The highest BCUT2D eigenvalue weighted by molar-refractivity contribution is 6.30. The summed E-state index contributed by atoms with van der Waals surface area (Å²) in [5.74, 6) is 1.02. The van der Waals surface area contributed by atoms with E-state index in [1.165, 1.54) is 6.21 Å². The van der Waals surface area contributed by atoms with Gasteiger partial charge in [0, 0.05) is 15.6 Å². The third-order valence-corrected chi connectivity index (χ3v) is 3.92. The lowest BCUT2D eigenvalue weighted by Crippen LogP contribution is -2.19. The van der Waals surface area contributed by atoms with E-state index < -0.39 is 0 Å². The van der Waals surface area contributed by atoms with Gasteiger partial charge in [-0.1, -0.05) is 35.3 Å².